The first-order valence-corrected chi connectivity index (χ1v) is 12.3. The standard InChI is InChI=1S/C25H25N7OS/c1-31(13-19-7-8-29-32(19)2)25(33)15-4-6-20-21(10-15)34-24-22(20)23(27-14-28-24)30-18-5-3-16-11-26-12-17(16)9-18/h3,5,7-9,12,14-15H,4,6,10-11,13H2,1-2H3,(H,27,28,30). The van der Waals surface area contributed by atoms with Crippen LogP contribution >= 0.6 is 11.3 Å². The summed E-state index contributed by atoms with van der Waals surface area (Å²) in [4.78, 5) is 30.7. The molecule has 0 radical (unpaired) electrons. The van der Waals surface area contributed by atoms with E-state index in [-0.39, 0.29) is 11.8 Å². The summed E-state index contributed by atoms with van der Waals surface area (Å²) in [6.07, 6.45) is 7.73. The highest BCUT2D eigenvalue weighted by atomic mass is 32.1. The molecule has 1 aliphatic heterocycles. The zero-order valence-corrected chi connectivity index (χ0v) is 20.0. The molecule has 34 heavy (non-hydrogen) atoms. The van der Waals surface area contributed by atoms with Crippen molar-refractivity contribution in [2.45, 2.75) is 32.4 Å². The van der Waals surface area contributed by atoms with Crippen molar-refractivity contribution in [1.29, 1.82) is 0 Å². The second-order valence-electron chi connectivity index (χ2n) is 8.99. The SMILES string of the molecule is CN(Cc1ccnn1C)C(=O)C1CCc2c(sc3ncnc(Nc4ccc5c(c4)C=NC5)c23)C1. The molecule has 1 unspecified atom stereocenters. The molecule has 1 N–H and O–H groups in total. The third-order valence-electron chi connectivity index (χ3n) is 6.79. The van der Waals surface area contributed by atoms with Crippen molar-refractivity contribution in [1.82, 2.24) is 24.6 Å². The van der Waals surface area contributed by atoms with E-state index in [1.165, 1.54) is 16.0 Å². The lowest BCUT2D eigenvalue weighted by molar-refractivity contribution is -0.135. The van der Waals surface area contributed by atoms with Gasteiger partial charge in [-0.05, 0) is 54.2 Å². The molecule has 4 heterocycles. The number of hydrogen-bond acceptors (Lipinski definition) is 7. The van der Waals surface area contributed by atoms with E-state index in [0.29, 0.717) is 6.54 Å². The number of carbonyl (C=O) groups excluding carboxylic acids is 1. The number of nitrogens with one attached hydrogen (secondary N) is 1. The normalized spacial score (nSPS) is 16.5. The van der Waals surface area contributed by atoms with Crippen molar-refractivity contribution in [2.75, 3.05) is 12.4 Å². The predicted octanol–water partition coefficient (Wildman–Crippen LogP) is 3.86. The Bertz CT molecular complexity index is 1440. The van der Waals surface area contributed by atoms with Gasteiger partial charge in [0.05, 0.1) is 24.2 Å². The molecule has 172 valence electrons. The molecule has 1 aliphatic carbocycles. The Balaban J connectivity index is 1.24. The number of carbonyl (C=O) groups is 1. The first-order valence-electron chi connectivity index (χ1n) is 11.4. The number of aryl methyl sites for hydroxylation is 2. The van der Waals surface area contributed by atoms with E-state index in [1.54, 1.807) is 23.9 Å². The number of benzene rings is 1. The van der Waals surface area contributed by atoms with Gasteiger partial charge < -0.3 is 10.2 Å². The summed E-state index contributed by atoms with van der Waals surface area (Å²) in [5, 5.41) is 8.80. The number of aliphatic imine (C=N–C) groups is 1. The van der Waals surface area contributed by atoms with E-state index in [9.17, 15) is 4.79 Å². The second kappa shape index (κ2) is 8.32. The van der Waals surface area contributed by atoms with E-state index in [0.717, 1.165) is 58.8 Å². The Morgan fingerprint density at radius 2 is 2.21 bits per heavy atom. The van der Waals surface area contributed by atoms with Crippen LogP contribution in [0.15, 0.2) is 41.8 Å². The molecular weight excluding hydrogens is 446 g/mol. The molecule has 1 amide bonds. The monoisotopic (exact) mass is 471 g/mol. The molecule has 1 atom stereocenters. The van der Waals surface area contributed by atoms with Crippen LogP contribution in [0.3, 0.4) is 0 Å². The van der Waals surface area contributed by atoms with Gasteiger partial charge in [0.1, 0.15) is 17.0 Å². The molecule has 0 saturated carbocycles. The van der Waals surface area contributed by atoms with Crippen LogP contribution in [0.25, 0.3) is 10.2 Å². The van der Waals surface area contributed by atoms with Crippen molar-refractivity contribution in [3.05, 3.63) is 64.1 Å². The maximum atomic E-state index is 13.2. The maximum absolute atomic E-state index is 13.2. The fraction of sp³-hybridized carbons (Fsp3) is 0.320. The molecule has 1 aromatic carbocycles. The zero-order chi connectivity index (χ0) is 23.2. The molecule has 0 bridgehead atoms. The molecule has 0 spiro atoms. The highest BCUT2D eigenvalue weighted by Gasteiger charge is 2.31. The Morgan fingerprint density at radius 1 is 1.29 bits per heavy atom. The lowest BCUT2D eigenvalue weighted by Crippen LogP contribution is -2.35. The van der Waals surface area contributed by atoms with E-state index >= 15 is 0 Å². The lowest BCUT2D eigenvalue weighted by Gasteiger charge is -2.26. The highest BCUT2D eigenvalue weighted by Crippen LogP contribution is 2.41. The van der Waals surface area contributed by atoms with Crippen molar-refractivity contribution >= 4 is 45.2 Å². The van der Waals surface area contributed by atoms with Crippen LogP contribution in [0.2, 0.25) is 0 Å². The average Bonchev–Trinajstić information content (AvgIpc) is 3.56. The molecule has 9 heteroatoms. The number of aromatic nitrogens is 4. The Kier molecular flexibility index (Phi) is 5.13. The minimum absolute atomic E-state index is 0.0147. The van der Waals surface area contributed by atoms with Crippen molar-refractivity contribution < 1.29 is 4.79 Å². The summed E-state index contributed by atoms with van der Waals surface area (Å²) in [7, 11) is 3.78. The Labute approximate surface area is 201 Å². The topological polar surface area (TPSA) is 88.3 Å². The smallest absolute Gasteiger partial charge is 0.226 e. The van der Waals surface area contributed by atoms with Crippen LogP contribution in [-0.2, 0) is 37.8 Å². The number of fused-ring (bicyclic) bond motifs is 4. The van der Waals surface area contributed by atoms with Crippen LogP contribution in [0.1, 0.15) is 33.7 Å². The fourth-order valence-electron chi connectivity index (χ4n) is 4.92. The van der Waals surface area contributed by atoms with Crippen molar-refractivity contribution in [2.24, 2.45) is 18.0 Å². The molecule has 2 aliphatic rings. The Morgan fingerprint density at radius 3 is 3.06 bits per heavy atom. The summed E-state index contributed by atoms with van der Waals surface area (Å²) in [5.41, 5.74) is 5.70. The van der Waals surface area contributed by atoms with E-state index < -0.39 is 0 Å². The van der Waals surface area contributed by atoms with Gasteiger partial charge in [0.25, 0.3) is 0 Å². The Hall–Kier alpha value is -3.59. The molecule has 6 rings (SSSR count). The van der Waals surface area contributed by atoms with E-state index in [1.807, 2.05) is 36.0 Å². The van der Waals surface area contributed by atoms with Crippen LogP contribution in [0.4, 0.5) is 11.5 Å². The molecule has 0 fully saturated rings. The number of hydrogen-bond donors (Lipinski definition) is 1. The summed E-state index contributed by atoms with van der Waals surface area (Å²) in [6.45, 7) is 1.32. The first-order chi connectivity index (χ1) is 16.6. The summed E-state index contributed by atoms with van der Waals surface area (Å²) < 4.78 is 1.82. The molecule has 0 saturated heterocycles. The van der Waals surface area contributed by atoms with Crippen LogP contribution in [0.5, 0.6) is 0 Å². The highest BCUT2D eigenvalue weighted by molar-refractivity contribution is 7.19. The minimum atomic E-state index is -0.0147. The summed E-state index contributed by atoms with van der Waals surface area (Å²) in [5.74, 6) is 1.00. The van der Waals surface area contributed by atoms with E-state index in [2.05, 4.69) is 43.6 Å². The lowest BCUT2D eigenvalue weighted by atomic mass is 9.87. The van der Waals surface area contributed by atoms with Gasteiger partial charge in [0.15, 0.2) is 0 Å². The van der Waals surface area contributed by atoms with Crippen LogP contribution in [-0.4, -0.2) is 43.8 Å². The van der Waals surface area contributed by atoms with Gasteiger partial charge in [-0.25, -0.2) is 9.97 Å². The largest absolute Gasteiger partial charge is 0.340 e. The number of rotatable bonds is 5. The van der Waals surface area contributed by atoms with Crippen molar-refractivity contribution in [3.63, 3.8) is 0 Å². The maximum Gasteiger partial charge on any atom is 0.226 e. The molecule has 8 nitrogen and oxygen atoms in total. The van der Waals surface area contributed by atoms with Gasteiger partial charge in [0.2, 0.25) is 5.91 Å². The molecular formula is C25H25N7OS. The zero-order valence-electron chi connectivity index (χ0n) is 19.2. The van der Waals surface area contributed by atoms with Gasteiger partial charge in [-0.15, -0.1) is 11.3 Å². The van der Waals surface area contributed by atoms with Gasteiger partial charge in [-0.1, -0.05) is 6.07 Å². The third-order valence-corrected chi connectivity index (χ3v) is 7.96. The van der Waals surface area contributed by atoms with Gasteiger partial charge in [-0.3, -0.25) is 14.5 Å². The second-order valence-corrected chi connectivity index (χ2v) is 10.1. The van der Waals surface area contributed by atoms with Crippen LogP contribution in [0, 0.1) is 5.92 Å². The number of thiophene rings is 1. The van der Waals surface area contributed by atoms with Gasteiger partial charge in [0, 0.05) is 43.0 Å². The summed E-state index contributed by atoms with van der Waals surface area (Å²) in [6, 6.07) is 8.26. The summed E-state index contributed by atoms with van der Waals surface area (Å²) >= 11 is 1.69. The third kappa shape index (κ3) is 3.66. The number of anilines is 2. The number of amides is 1. The van der Waals surface area contributed by atoms with Crippen molar-refractivity contribution in [3.8, 4) is 0 Å². The first kappa shape index (κ1) is 21.0. The average molecular weight is 472 g/mol. The number of nitrogens with zero attached hydrogens (tertiary/aromatic N) is 6. The van der Waals surface area contributed by atoms with Gasteiger partial charge in [-0.2, -0.15) is 5.10 Å². The quantitative estimate of drug-likeness (QED) is 0.477. The molecule has 4 aromatic rings. The minimum Gasteiger partial charge on any atom is -0.340 e. The van der Waals surface area contributed by atoms with Crippen LogP contribution < -0.4 is 5.32 Å². The van der Waals surface area contributed by atoms with E-state index in [4.69, 9.17) is 0 Å². The molecule has 3 aromatic heterocycles. The fourth-order valence-corrected chi connectivity index (χ4v) is 6.19. The predicted molar refractivity (Wildman–Crippen MR) is 134 cm³/mol. The van der Waals surface area contributed by atoms with Gasteiger partial charge >= 0.3 is 0 Å².